The van der Waals surface area contributed by atoms with E-state index in [1.807, 2.05) is 18.2 Å². The van der Waals surface area contributed by atoms with E-state index in [1.54, 1.807) is 29.3 Å². The van der Waals surface area contributed by atoms with Crippen LogP contribution in [-0.4, -0.2) is 48.6 Å². The van der Waals surface area contributed by atoms with Crippen molar-refractivity contribution >= 4 is 17.8 Å². The molecule has 3 rings (SSSR count). The lowest BCUT2D eigenvalue weighted by molar-refractivity contribution is -0.126. The van der Waals surface area contributed by atoms with Gasteiger partial charge in [0.1, 0.15) is 11.6 Å². The van der Waals surface area contributed by atoms with Gasteiger partial charge in [0.2, 0.25) is 5.91 Å². The molecule has 1 saturated heterocycles. The largest absolute Gasteiger partial charge is 0.434 e. The summed E-state index contributed by atoms with van der Waals surface area (Å²) < 4.78 is 29.3. The molecule has 0 N–H and O–H groups in total. The standard InChI is InChI=1S/C19H19F2N3O2/c20-19(21)26-16-6-2-1-5-15(16)8-9-18(25)24-13-11-23(12-14-24)17-7-3-4-10-22-17/h1-10,19H,11-14H2. The van der Waals surface area contributed by atoms with Gasteiger partial charge in [-0.25, -0.2) is 4.98 Å². The fraction of sp³-hybridized carbons (Fsp3) is 0.263. The highest BCUT2D eigenvalue weighted by Gasteiger charge is 2.20. The first kappa shape index (κ1) is 17.8. The Labute approximate surface area is 150 Å². The van der Waals surface area contributed by atoms with E-state index in [2.05, 4.69) is 14.6 Å². The number of halogens is 2. The smallest absolute Gasteiger partial charge is 0.387 e. The van der Waals surface area contributed by atoms with Gasteiger partial charge in [0, 0.05) is 44.0 Å². The van der Waals surface area contributed by atoms with E-state index < -0.39 is 6.61 Å². The van der Waals surface area contributed by atoms with Crippen LogP contribution in [0.2, 0.25) is 0 Å². The highest BCUT2D eigenvalue weighted by Crippen LogP contribution is 2.21. The van der Waals surface area contributed by atoms with Crippen LogP contribution in [0.4, 0.5) is 14.6 Å². The number of carbonyl (C=O) groups is 1. The molecule has 1 aliphatic rings. The Morgan fingerprint density at radius 3 is 2.50 bits per heavy atom. The van der Waals surface area contributed by atoms with E-state index in [4.69, 9.17) is 0 Å². The average Bonchev–Trinajstić information content (AvgIpc) is 2.67. The number of benzene rings is 1. The van der Waals surface area contributed by atoms with Gasteiger partial charge >= 0.3 is 6.61 Å². The van der Waals surface area contributed by atoms with Gasteiger partial charge in [-0.1, -0.05) is 24.3 Å². The Balaban J connectivity index is 1.59. The Morgan fingerprint density at radius 1 is 1.08 bits per heavy atom. The van der Waals surface area contributed by atoms with Crippen LogP contribution in [0.5, 0.6) is 5.75 Å². The molecule has 0 aliphatic carbocycles. The van der Waals surface area contributed by atoms with Crippen LogP contribution in [0.1, 0.15) is 5.56 Å². The number of aromatic nitrogens is 1. The van der Waals surface area contributed by atoms with Crippen molar-refractivity contribution in [1.82, 2.24) is 9.88 Å². The normalized spacial score (nSPS) is 14.9. The second-order valence-corrected chi connectivity index (χ2v) is 5.75. The number of amides is 1. The number of anilines is 1. The maximum absolute atomic E-state index is 12.4. The molecule has 1 aromatic carbocycles. The van der Waals surface area contributed by atoms with Crippen LogP contribution < -0.4 is 9.64 Å². The van der Waals surface area contributed by atoms with E-state index in [9.17, 15) is 13.6 Å². The molecular weight excluding hydrogens is 340 g/mol. The van der Waals surface area contributed by atoms with Crippen LogP contribution in [0.25, 0.3) is 6.08 Å². The number of carbonyl (C=O) groups excluding carboxylic acids is 1. The van der Waals surface area contributed by atoms with Crippen molar-refractivity contribution < 1.29 is 18.3 Å². The second kappa shape index (κ2) is 8.42. The molecular formula is C19H19F2N3O2. The highest BCUT2D eigenvalue weighted by molar-refractivity contribution is 5.92. The summed E-state index contributed by atoms with van der Waals surface area (Å²) in [5, 5.41) is 0. The molecule has 0 unspecified atom stereocenters. The number of hydrogen-bond acceptors (Lipinski definition) is 4. The van der Waals surface area contributed by atoms with Crippen molar-refractivity contribution in [3.05, 3.63) is 60.3 Å². The molecule has 2 aromatic rings. The molecule has 0 spiro atoms. The third kappa shape index (κ3) is 4.56. The van der Waals surface area contributed by atoms with Crippen molar-refractivity contribution in [1.29, 1.82) is 0 Å². The van der Waals surface area contributed by atoms with E-state index in [-0.39, 0.29) is 11.7 Å². The van der Waals surface area contributed by atoms with Crippen molar-refractivity contribution in [2.24, 2.45) is 0 Å². The van der Waals surface area contributed by atoms with Gasteiger partial charge in [0.05, 0.1) is 0 Å². The van der Waals surface area contributed by atoms with Crippen LogP contribution in [0.3, 0.4) is 0 Å². The van der Waals surface area contributed by atoms with Crippen LogP contribution in [-0.2, 0) is 4.79 Å². The van der Waals surface area contributed by atoms with Crippen LogP contribution in [0.15, 0.2) is 54.7 Å². The summed E-state index contributed by atoms with van der Waals surface area (Å²) in [6.45, 7) is -0.354. The number of para-hydroxylation sites is 1. The molecule has 2 heterocycles. The van der Waals surface area contributed by atoms with Crippen molar-refractivity contribution in [3.8, 4) is 5.75 Å². The summed E-state index contributed by atoms with van der Waals surface area (Å²) in [5.74, 6) is 0.789. The van der Waals surface area contributed by atoms with Gasteiger partial charge in [-0.15, -0.1) is 0 Å². The topological polar surface area (TPSA) is 45.7 Å². The highest BCUT2D eigenvalue weighted by atomic mass is 19.3. The van der Waals surface area contributed by atoms with E-state index in [1.165, 1.54) is 18.2 Å². The minimum absolute atomic E-state index is 0.0477. The summed E-state index contributed by atoms with van der Waals surface area (Å²) in [6, 6.07) is 12.1. The van der Waals surface area contributed by atoms with Crippen LogP contribution in [0, 0.1) is 0 Å². The quantitative estimate of drug-likeness (QED) is 0.770. The fourth-order valence-electron chi connectivity index (χ4n) is 2.78. The first-order valence-corrected chi connectivity index (χ1v) is 8.30. The molecule has 1 aliphatic heterocycles. The fourth-order valence-corrected chi connectivity index (χ4v) is 2.78. The first-order chi connectivity index (χ1) is 12.6. The van der Waals surface area contributed by atoms with Gasteiger partial charge in [-0.3, -0.25) is 4.79 Å². The number of pyridine rings is 1. The van der Waals surface area contributed by atoms with Crippen molar-refractivity contribution in [2.45, 2.75) is 6.61 Å². The number of rotatable bonds is 5. The molecule has 7 heteroatoms. The van der Waals surface area contributed by atoms with E-state index >= 15 is 0 Å². The summed E-state index contributed by atoms with van der Waals surface area (Å²) in [6.07, 6.45) is 4.64. The van der Waals surface area contributed by atoms with E-state index in [0.717, 1.165) is 5.82 Å². The Bertz CT molecular complexity index is 760. The number of ether oxygens (including phenoxy) is 1. The second-order valence-electron chi connectivity index (χ2n) is 5.75. The summed E-state index contributed by atoms with van der Waals surface area (Å²) in [7, 11) is 0. The molecule has 1 amide bonds. The minimum atomic E-state index is -2.90. The lowest BCUT2D eigenvalue weighted by Crippen LogP contribution is -2.48. The molecule has 136 valence electrons. The molecule has 1 aromatic heterocycles. The summed E-state index contributed by atoms with van der Waals surface area (Å²) in [4.78, 5) is 20.5. The van der Waals surface area contributed by atoms with Gasteiger partial charge in [-0.2, -0.15) is 8.78 Å². The van der Waals surface area contributed by atoms with Crippen molar-refractivity contribution in [2.75, 3.05) is 31.1 Å². The van der Waals surface area contributed by atoms with Gasteiger partial charge in [-0.05, 0) is 24.3 Å². The number of nitrogens with zero attached hydrogens (tertiary/aromatic N) is 3. The van der Waals surface area contributed by atoms with Gasteiger partial charge in [0.15, 0.2) is 0 Å². The third-order valence-corrected chi connectivity index (χ3v) is 4.11. The zero-order valence-corrected chi connectivity index (χ0v) is 14.1. The Kier molecular flexibility index (Phi) is 5.78. The SMILES string of the molecule is O=C(C=Cc1ccccc1OC(F)F)N1CCN(c2ccccn2)CC1. The molecule has 5 nitrogen and oxygen atoms in total. The first-order valence-electron chi connectivity index (χ1n) is 8.30. The molecule has 0 radical (unpaired) electrons. The number of alkyl halides is 2. The summed E-state index contributed by atoms with van der Waals surface area (Å²) >= 11 is 0. The van der Waals surface area contributed by atoms with Crippen molar-refractivity contribution in [3.63, 3.8) is 0 Å². The maximum Gasteiger partial charge on any atom is 0.387 e. The Morgan fingerprint density at radius 2 is 1.81 bits per heavy atom. The van der Waals surface area contributed by atoms with Gasteiger partial charge < -0.3 is 14.5 Å². The molecule has 0 atom stereocenters. The maximum atomic E-state index is 12.4. The zero-order chi connectivity index (χ0) is 18.4. The third-order valence-electron chi connectivity index (χ3n) is 4.11. The predicted octanol–water partition coefficient (Wildman–Crippen LogP) is 3.05. The van der Waals surface area contributed by atoms with E-state index in [0.29, 0.717) is 31.7 Å². The number of hydrogen-bond donors (Lipinski definition) is 0. The lowest BCUT2D eigenvalue weighted by atomic mass is 10.2. The summed E-state index contributed by atoms with van der Waals surface area (Å²) in [5.41, 5.74) is 0.438. The molecule has 26 heavy (non-hydrogen) atoms. The molecule has 0 bridgehead atoms. The lowest BCUT2D eigenvalue weighted by Gasteiger charge is -2.34. The Hall–Kier alpha value is -2.96. The van der Waals surface area contributed by atoms with Gasteiger partial charge in [0.25, 0.3) is 0 Å². The number of piperazine rings is 1. The average molecular weight is 359 g/mol. The molecule has 0 saturated carbocycles. The van der Waals surface area contributed by atoms with Crippen LogP contribution >= 0.6 is 0 Å². The minimum Gasteiger partial charge on any atom is -0.434 e. The predicted molar refractivity (Wildman–Crippen MR) is 95.1 cm³/mol. The zero-order valence-electron chi connectivity index (χ0n) is 14.1. The molecule has 1 fully saturated rings. The monoisotopic (exact) mass is 359 g/mol.